The summed E-state index contributed by atoms with van der Waals surface area (Å²) in [5.41, 5.74) is 8.57. The Morgan fingerprint density at radius 2 is 0.875 bits per heavy atom. The first-order valence-electron chi connectivity index (χ1n) is 8.63. The van der Waals surface area contributed by atoms with Crippen LogP contribution in [-0.4, -0.2) is 10.2 Å². The minimum atomic E-state index is 0.378. The Kier molecular flexibility index (Phi) is 5.38. The summed E-state index contributed by atoms with van der Waals surface area (Å²) >= 11 is 0. The van der Waals surface area contributed by atoms with Crippen molar-refractivity contribution in [3.8, 4) is 11.5 Å². The van der Waals surface area contributed by atoms with Gasteiger partial charge in [-0.15, -0.1) is 0 Å². The molecule has 0 aliphatic heterocycles. The Labute approximate surface area is 145 Å². The van der Waals surface area contributed by atoms with Crippen molar-refractivity contribution in [1.82, 2.24) is 0 Å². The molecule has 0 aliphatic carbocycles. The largest absolute Gasteiger partial charge is 0.507 e. The Balaban J connectivity index is 2.71. The maximum absolute atomic E-state index is 10.1. The SMILES string of the molecule is CC/C(=C(/CC)c1cc(C)c(O)c(C)c1)c1cc(C)c(O)c(C)c1. The zero-order valence-electron chi connectivity index (χ0n) is 15.6. The van der Waals surface area contributed by atoms with Crippen LogP contribution in [-0.2, 0) is 0 Å². The van der Waals surface area contributed by atoms with Crippen LogP contribution in [0.3, 0.4) is 0 Å². The van der Waals surface area contributed by atoms with Crippen molar-refractivity contribution in [3.63, 3.8) is 0 Å². The summed E-state index contributed by atoms with van der Waals surface area (Å²) in [6, 6.07) is 8.27. The number of aromatic hydroxyl groups is 2. The van der Waals surface area contributed by atoms with Crippen LogP contribution in [0.25, 0.3) is 11.1 Å². The van der Waals surface area contributed by atoms with Gasteiger partial charge in [-0.25, -0.2) is 0 Å². The maximum atomic E-state index is 10.1. The highest BCUT2D eigenvalue weighted by atomic mass is 16.3. The Morgan fingerprint density at radius 3 is 1.08 bits per heavy atom. The first-order chi connectivity index (χ1) is 11.3. The lowest BCUT2D eigenvalue weighted by Gasteiger charge is -2.17. The van der Waals surface area contributed by atoms with Crippen LogP contribution >= 0.6 is 0 Å². The lowest BCUT2D eigenvalue weighted by molar-refractivity contribution is 0.466. The van der Waals surface area contributed by atoms with E-state index in [1.54, 1.807) is 0 Å². The van der Waals surface area contributed by atoms with E-state index in [9.17, 15) is 10.2 Å². The molecule has 0 fully saturated rings. The fourth-order valence-corrected chi connectivity index (χ4v) is 3.44. The quantitative estimate of drug-likeness (QED) is 0.671. The minimum absolute atomic E-state index is 0.378. The van der Waals surface area contributed by atoms with Crippen LogP contribution in [0.1, 0.15) is 60.1 Å². The number of phenolic OH excluding ortho intramolecular Hbond substituents is 2. The second-order valence-electron chi connectivity index (χ2n) is 6.58. The van der Waals surface area contributed by atoms with Gasteiger partial charge in [0.05, 0.1) is 0 Å². The number of phenols is 2. The molecule has 0 aliphatic rings. The van der Waals surface area contributed by atoms with Crippen LogP contribution in [0.15, 0.2) is 24.3 Å². The zero-order chi connectivity index (χ0) is 18.0. The van der Waals surface area contributed by atoms with Crippen molar-refractivity contribution in [2.45, 2.75) is 54.4 Å². The molecule has 0 aromatic heterocycles. The number of allylic oxidation sites excluding steroid dienone is 2. The standard InChI is InChI=1S/C22H28O2/c1-7-19(17-9-13(3)21(23)14(4)10-17)20(8-2)18-11-15(5)22(24)16(6)12-18/h9-12,23-24H,7-8H2,1-6H3/b20-19+. The number of benzene rings is 2. The van der Waals surface area contributed by atoms with E-state index in [0.29, 0.717) is 11.5 Å². The summed E-state index contributed by atoms with van der Waals surface area (Å²) in [4.78, 5) is 0. The molecule has 0 saturated heterocycles. The van der Waals surface area contributed by atoms with Gasteiger partial charge >= 0.3 is 0 Å². The van der Waals surface area contributed by atoms with E-state index in [1.165, 1.54) is 22.3 Å². The highest BCUT2D eigenvalue weighted by Crippen LogP contribution is 2.36. The molecule has 0 spiro atoms. The van der Waals surface area contributed by atoms with Crippen molar-refractivity contribution in [2.24, 2.45) is 0 Å². The van der Waals surface area contributed by atoms with Crippen LogP contribution in [0.2, 0.25) is 0 Å². The van der Waals surface area contributed by atoms with E-state index in [4.69, 9.17) is 0 Å². The molecule has 2 N–H and O–H groups in total. The van der Waals surface area contributed by atoms with E-state index < -0.39 is 0 Å². The van der Waals surface area contributed by atoms with E-state index in [-0.39, 0.29) is 0 Å². The van der Waals surface area contributed by atoms with Gasteiger partial charge in [0.25, 0.3) is 0 Å². The normalized spacial score (nSPS) is 12.2. The van der Waals surface area contributed by atoms with E-state index >= 15 is 0 Å². The third-order valence-corrected chi connectivity index (χ3v) is 4.75. The average Bonchev–Trinajstić information content (AvgIpc) is 2.54. The Bertz CT molecular complexity index is 684. The highest BCUT2D eigenvalue weighted by molar-refractivity contribution is 5.91. The second-order valence-corrected chi connectivity index (χ2v) is 6.58. The summed E-state index contributed by atoms with van der Waals surface area (Å²) in [6.45, 7) is 12.1. The molecule has 128 valence electrons. The lowest BCUT2D eigenvalue weighted by Crippen LogP contribution is -1.95. The highest BCUT2D eigenvalue weighted by Gasteiger charge is 2.13. The monoisotopic (exact) mass is 324 g/mol. The van der Waals surface area contributed by atoms with Crippen LogP contribution in [0.4, 0.5) is 0 Å². The summed E-state index contributed by atoms with van der Waals surface area (Å²) in [6.07, 6.45) is 1.84. The molecule has 0 unspecified atom stereocenters. The number of hydrogen-bond donors (Lipinski definition) is 2. The van der Waals surface area contributed by atoms with Crippen molar-refractivity contribution in [2.75, 3.05) is 0 Å². The van der Waals surface area contributed by atoms with Gasteiger partial charge in [0.15, 0.2) is 0 Å². The van der Waals surface area contributed by atoms with Crippen molar-refractivity contribution >= 4 is 11.1 Å². The van der Waals surface area contributed by atoms with Gasteiger partial charge < -0.3 is 10.2 Å². The first kappa shape index (κ1) is 18.1. The fraction of sp³-hybridized carbons (Fsp3) is 0.364. The minimum Gasteiger partial charge on any atom is -0.507 e. The molecule has 0 bridgehead atoms. The predicted molar refractivity (Wildman–Crippen MR) is 103 cm³/mol. The lowest BCUT2D eigenvalue weighted by atomic mass is 9.88. The summed E-state index contributed by atoms with van der Waals surface area (Å²) < 4.78 is 0. The molecule has 0 amide bonds. The number of hydrogen-bond acceptors (Lipinski definition) is 2. The zero-order valence-corrected chi connectivity index (χ0v) is 15.6. The summed E-state index contributed by atoms with van der Waals surface area (Å²) in [7, 11) is 0. The molecular weight excluding hydrogens is 296 g/mol. The molecule has 0 atom stereocenters. The first-order valence-corrected chi connectivity index (χ1v) is 8.63. The van der Waals surface area contributed by atoms with Crippen LogP contribution in [0, 0.1) is 27.7 Å². The molecule has 2 aromatic carbocycles. The van der Waals surface area contributed by atoms with Crippen molar-refractivity contribution < 1.29 is 10.2 Å². The van der Waals surface area contributed by atoms with E-state index in [1.807, 2.05) is 27.7 Å². The summed E-state index contributed by atoms with van der Waals surface area (Å²) in [5.74, 6) is 0.757. The van der Waals surface area contributed by atoms with Gasteiger partial charge in [0, 0.05) is 0 Å². The van der Waals surface area contributed by atoms with E-state index in [0.717, 1.165) is 35.1 Å². The van der Waals surface area contributed by atoms with Gasteiger partial charge in [-0.3, -0.25) is 0 Å². The maximum Gasteiger partial charge on any atom is 0.121 e. The molecule has 2 heteroatoms. The van der Waals surface area contributed by atoms with Gasteiger partial charge in [-0.05, 0) is 109 Å². The average molecular weight is 324 g/mol. The molecule has 2 aromatic rings. The molecule has 24 heavy (non-hydrogen) atoms. The topological polar surface area (TPSA) is 40.5 Å². The van der Waals surface area contributed by atoms with Gasteiger partial charge in [0.2, 0.25) is 0 Å². The Morgan fingerprint density at radius 1 is 0.625 bits per heavy atom. The molecule has 2 rings (SSSR count). The smallest absolute Gasteiger partial charge is 0.121 e. The fourth-order valence-electron chi connectivity index (χ4n) is 3.44. The van der Waals surface area contributed by atoms with Crippen LogP contribution < -0.4 is 0 Å². The molecule has 0 radical (unpaired) electrons. The molecule has 2 nitrogen and oxygen atoms in total. The molecular formula is C22H28O2. The predicted octanol–water partition coefficient (Wildman–Crippen LogP) is 6.06. The molecule has 0 saturated carbocycles. The van der Waals surface area contributed by atoms with Gasteiger partial charge in [-0.1, -0.05) is 13.8 Å². The van der Waals surface area contributed by atoms with Gasteiger partial charge in [0.1, 0.15) is 11.5 Å². The second kappa shape index (κ2) is 7.12. The molecule has 0 heterocycles. The third-order valence-electron chi connectivity index (χ3n) is 4.75. The van der Waals surface area contributed by atoms with Crippen LogP contribution in [0.5, 0.6) is 11.5 Å². The van der Waals surface area contributed by atoms with E-state index in [2.05, 4.69) is 38.1 Å². The van der Waals surface area contributed by atoms with Gasteiger partial charge in [-0.2, -0.15) is 0 Å². The number of rotatable bonds is 4. The Hall–Kier alpha value is -2.22. The third kappa shape index (κ3) is 3.33. The van der Waals surface area contributed by atoms with Crippen molar-refractivity contribution in [3.05, 3.63) is 57.6 Å². The number of aryl methyl sites for hydroxylation is 4. The van der Waals surface area contributed by atoms with Crippen molar-refractivity contribution in [1.29, 1.82) is 0 Å². The summed E-state index contributed by atoms with van der Waals surface area (Å²) in [5, 5.41) is 20.1.